The Kier molecular flexibility index (Phi) is 26.6. The van der Waals surface area contributed by atoms with E-state index in [1.54, 1.807) is 0 Å². The lowest BCUT2D eigenvalue weighted by Gasteiger charge is -2.03. The van der Waals surface area contributed by atoms with Gasteiger partial charge in [0.1, 0.15) is 0 Å². The molecule has 0 aromatic heterocycles. The minimum Gasteiger partial charge on any atom is -0.0654 e. The summed E-state index contributed by atoms with van der Waals surface area (Å²) in [5, 5.41) is 0. The molecule has 0 aliphatic rings. The molecule has 142 valence electrons. The molecule has 0 heteroatoms. The maximum absolute atomic E-state index is 2.30. The lowest BCUT2D eigenvalue weighted by Crippen LogP contribution is -1.83. The zero-order chi connectivity index (χ0) is 17.6. The minimum absolute atomic E-state index is 0.833. The van der Waals surface area contributed by atoms with Gasteiger partial charge in [-0.2, -0.15) is 0 Å². The number of rotatable bonds is 16. The Morgan fingerprint density at radius 3 is 0.609 bits per heavy atom. The van der Waals surface area contributed by atoms with Gasteiger partial charge in [0.05, 0.1) is 0 Å². The van der Waals surface area contributed by atoms with E-state index in [2.05, 4.69) is 34.6 Å². The molecular weight excluding hydrogens is 276 g/mol. The van der Waals surface area contributed by atoms with E-state index in [9.17, 15) is 0 Å². The van der Waals surface area contributed by atoms with Crippen molar-refractivity contribution < 1.29 is 0 Å². The van der Waals surface area contributed by atoms with Gasteiger partial charge in [0, 0.05) is 0 Å². The Morgan fingerprint density at radius 2 is 0.478 bits per heavy atom. The van der Waals surface area contributed by atoms with Crippen molar-refractivity contribution in [2.45, 2.75) is 144 Å². The third-order valence-electron chi connectivity index (χ3n) is 4.21. The van der Waals surface area contributed by atoms with Gasteiger partial charge in [0.25, 0.3) is 0 Å². The lowest BCUT2D eigenvalue weighted by molar-refractivity contribution is 0.529. The van der Waals surface area contributed by atoms with Crippen LogP contribution in [0.2, 0.25) is 0 Å². The molecule has 0 spiro atoms. The van der Waals surface area contributed by atoms with Crippen LogP contribution in [0.4, 0.5) is 0 Å². The highest BCUT2D eigenvalue weighted by molar-refractivity contribution is 4.49. The standard InChI is InChI=1S/C19H40.C4H10/c1-3-5-7-9-11-13-15-17-19-18-16-14-12-10-8-6-4-2;1-4(2)3/h3-19H2,1-2H3;4H,1-3H3. The van der Waals surface area contributed by atoms with Crippen molar-refractivity contribution in [2.24, 2.45) is 5.92 Å². The zero-order valence-corrected chi connectivity index (χ0v) is 17.6. The second kappa shape index (κ2) is 24.3. The Balaban J connectivity index is 0. The van der Waals surface area contributed by atoms with Crippen LogP contribution in [0.3, 0.4) is 0 Å². The summed E-state index contributed by atoms with van der Waals surface area (Å²) in [5.74, 6) is 0.833. The van der Waals surface area contributed by atoms with Gasteiger partial charge in [-0.3, -0.25) is 0 Å². The monoisotopic (exact) mass is 326 g/mol. The summed E-state index contributed by atoms with van der Waals surface area (Å²) in [6.07, 6.45) is 24.9. The van der Waals surface area contributed by atoms with Crippen molar-refractivity contribution >= 4 is 0 Å². The summed E-state index contributed by atoms with van der Waals surface area (Å²) in [7, 11) is 0. The first-order chi connectivity index (χ1) is 11.1. The molecule has 0 radical (unpaired) electrons. The SMILES string of the molecule is CC(C)C.CCCCCCCCCCCCCCCCCCC. The number of hydrogen-bond acceptors (Lipinski definition) is 0. The predicted octanol–water partition coefficient (Wildman–Crippen LogP) is 9.32. The van der Waals surface area contributed by atoms with E-state index in [0.717, 1.165) is 5.92 Å². The number of hydrogen-bond donors (Lipinski definition) is 0. The highest BCUT2D eigenvalue weighted by atomic mass is 14.0. The first kappa shape index (κ1) is 25.2. The fourth-order valence-corrected chi connectivity index (χ4v) is 2.80. The topological polar surface area (TPSA) is 0 Å². The highest BCUT2D eigenvalue weighted by Crippen LogP contribution is 2.13. The average Bonchev–Trinajstić information content (AvgIpc) is 2.50. The van der Waals surface area contributed by atoms with E-state index in [0.29, 0.717) is 0 Å². The molecule has 0 heterocycles. The summed E-state index contributed by atoms with van der Waals surface area (Å²) in [6.45, 7) is 11.1. The van der Waals surface area contributed by atoms with E-state index in [4.69, 9.17) is 0 Å². The molecule has 0 atom stereocenters. The Hall–Kier alpha value is 0. The molecule has 0 bridgehead atoms. The fourth-order valence-electron chi connectivity index (χ4n) is 2.80. The van der Waals surface area contributed by atoms with Gasteiger partial charge in [-0.15, -0.1) is 0 Å². The molecular formula is C23H50. The van der Waals surface area contributed by atoms with Gasteiger partial charge in [-0.25, -0.2) is 0 Å². The summed E-state index contributed by atoms with van der Waals surface area (Å²) < 4.78 is 0. The van der Waals surface area contributed by atoms with Crippen LogP contribution in [0.5, 0.6) is 0 Å². The van der Waals surface area contributed by atoms with E-state index in [1.807, 2.05) is 0 Å². The summed E-state index contributed by atoms with van der Waals surface area (Å²) >= 11 is 0. The van der Waals surface area contributed by atoms with Gasteiger partial charge >= 0.3 is 0 Å². The van der Waals surface area contributed by atoms with Crippen molar-refractivity contribution in [1.29, 1.82) is 0 Å². The maximum atomic E-state index is 2.30. The van der Waals surface area contributed by atoms with Crippen LogP contribution in [0, 0.1) is 5.92 Å². The molecule has 0 rings (SSSR count). The summed E-state index contributed by atoms with van der Waals surface area (Å²) in [4.78, 5) is 0. The van der Waals surface area contributed by atoms with Crippen molar-refractivity contribution in [3.05, 3.63) is 0 Å². The number of unbranched alkanes of at least 4 members (excludes halogenated alkanes) is 16. The molecule has 0 aromatic carbocycles. The first-order valence-electron chi connectivity index (χ1n) is 11.1. The van der Waals surface area contributed by atoms with Crippen LogP contribution in [-0.2, 0) is 0 Å². The largest absolute Gasteiger partial charge is 0.0654 e. The fraction of sp³-hybridized carbons (Fsp3) is 1.00. The van der Waals surface area contributed by atoms with Gasteiger partial charge in [0.15, 0.2) is 0 Å². The second-order valence-electron chi connectivity index (χ2n) is 8.04. The lowest BCUT2D eigenvalue weighted by atomic mass is 10.0. The quantitative estimate of drug-likeness (QED) is 0.248. The Labute approximate surface area is 150 Å². The van der Waals surface area contributed by atoms with Crippen LogP contribution in [0.25, 0.3) is 0 Å². The molecule has 0 N–H and O–H groups in total. The van der Waals surface area contributed by atoms with E-state index in [1.165, 1.54) is 109 Å². The summed E-state index contributed by atoms with van der Waals surface area (Å²) in [5.41, 5.74) is 0. The molecule has 0 fully saturated rings. The maximum Gasteiger partial charge on any atom is -0.0500 e. The van der Waals surface area contributed by atoms with Gasteiger partial charge in [0.2, 0.25) is 0 Å². The predicted molar refractivity (Wildman–Crippen MR) is 110 cm³/mol. The molecule has 0 aliphatic heterocycles. The Bertz CT molecular complexity index is 152. The first-order valence-corrected chi connectivity index (χ1v) is 11.1. The van der Waals surface area contributed by atoms with Crippen LogP contribution in [-0.4, -0.2) is 0 Å². The van der Waals surface area contributed by atoms with E-state index in [-0.39, 0.29) is 0 Å². The molecule has 0 saturated carbocycles. The van der Waals surface area contributed by atoms with E-state index >= 15 is 0 Å². The molecule has 0 aromatic rings. The molecule has 0 unspecified atom stereocenters. The zero-order valence-electron chi connectivity index (χ0n) is 17.6. The average molecular weight is 327 g/mol. The molecule has 23 heavy (non-hydrogen) atoms. The highest BCUT2D eigenvalue weighted by Gasteiger charge is 1.94. The van der Waals surface area contributed by atoms with Crippen LogP contribution in [0.15, 0.2) is 0 Å². The third kappa shape index (κ3) is 34.4. The van der Waals surface area contributed by atoms with Crippen LogP contribution in [0.1, 0.15) is 144 Å². The molecule has 0 saturated heterocycles. The van der Waals surface area contributed by atoms with Crippen molar-refractivity contribution in [2.75, 3.05) is 0 Å². The van der Waals surface area contributed by atoms with Crippen LogP contribution >= 0.6 is 0 Å². The third-order valence-corrected chi connectivity index (χ3v) is 4.21. The van der Waals surface area contributed by atoms with Crippen molar-refractivity contribution in [3.63, 3.8) is 0 Å². The van der Waals surface area contributed by atoms with Crippen molar-refractivity contribution in [3.8, 4) is 0 Å². The van der Waals surface area contributed by atoms with Gasteiger partial charge in [-0.1, -0.05) is 144 Å². The van der Waals surface area contributed by atoms with E-state index < -0.39 is 0 Å². The van der Waals surface area contributed by atoms with Gasteiger partial charge < -0.3 is 0 Å². The molecule has 0 amide bonds. The normalized spacial score (nSPS) is 10.7. The van der Waals surface area contributed by atoms with Gasteiger partial charge in [-0.05, 0) is 5.92 Å². The summed E-state index contributed by atoms with van der Waals surface area (Å²) in [6, 6.07) is 0. The molecule has 0 aliphatic carbocycles. The van der Waals surface area contributed by atoms with Crippen LogP contribution < -0.4 is 0 Å². The molecule has 0 nitrogen and oxygen atoms in total. The van der Waals surface area contributed by atoms with Crippen molar-refractivity contribution in [1.82, 2.24) is 0 Å². The minimum atomic E-state index is 0.833. The second-order valence-corrected chi connectivity index (χ2v) is 8.04. The Morgan fingerprint density at radius 1 is 0.348 bits per heavy atom. The smallest absolute Gasteiger partial charge is 0.0500 e.